The van der Waals surface area contributed by atoms with Crippen molar-refractivity contribution in [3.63, 3.8) is 0 Å². The zero-order chi connectivity index (χ0) is 39.1. The molecule has 0 aromatic heterocycles. The van der Waals surface area contributed by atoms with Gasteiger partial charge in [0, 0.05) is 16.8 Å². The summed E-state index contributed by atoms with van der Waals surface area (Å²) in [5, 5.41) is 9.98. The van der Waals surface area contributed by atoms with Crippen molar-refractivity contribution in [2.45, 2.75) is 0 Å². The van der Waals surface area contributed by atoms with E-state index < -0.39 is 0 Å². The zero-order valence-electron chi connectivity index (χ0n) is 32.5. The van der Waals surface area contributed by atoms with E-state index in [9.17, 15) is 0 Å². The van der Waals surface area contributed by atoms with E-state index >= 15 is 0 Å². The van der Waals surface area contributed by atoms with Crippen molar-refractivity contribution in [1.82, 2.24) is 0 Å². The van der Waals surface area contributed by atoms with Crippen LogP contribution >= 0.6 is 0 Å². The molecular formula is C58H39N. The smallest absolute Gasteiger partial charge is 0.0540 e. The van der Waals surface area contributed by atoms with Gasteiger partial charge >= 0.3 is 0 Å². The van der Waals surface area contributed by atoms with Gasteiger partial charge in [-0.25, -0.2) is 0 Å². The average Bonchev–Trinajstić information content (AvgIpc) is 3.32. The Morgan fingerprint density at radius 2 is 0.780 bits per heavy atom. The fourth-order valence-electron chi connectivity index (χ4n) is 8.93. The molecule has 0 aliphatic carbocycles. The molecule has 0 atom stereocenters. The Morgan fingerprint density at radius 3 is 1.63 bits per heavy atom. The minimum absolute atomic E-state index is 1.10. The molecule has 1 nitrogen and oxygen atoms in total. The van der Waals surface area contributed by atoms with Crippen molar-refractivity contribution in [3.05, 3.63) is 237 Å². The van der Waals surface area contributed by atoms with Gasteiger partial charge in [-0.15, -0.1) is 0 Å². The van der Waals surface area contributed by atoms with Crippen molar-refractivity contribution >= 4 is 60.2 Å². The van der Waals surface area contributed by atoms with Crippen LogP contribution in [0.2, 0.25) is 0 Å². The van der Waals surface area contributed by atoms with E-state index in [-0.39, 0.29) is 0 Å². The number of nitrogens with zero attached hydrogens (tertiary/aromatic N) is 1. The van der Waals surface area contributed by atoms with E-state index in [0.717, 1.165) is 17.1 Å². The van der Waals surface area contributed by atoms with Gasteiger partial charge in [0.25, 0.3) is 0 Å². The van der Waals surface area contributed by atoms with E-state index in [1.807, 2.05) is 0 Å². The Balaban J connectivity index is 1.05. The van der Waals surface area contributed by atoms with Crippen LogP contribution in [0.15, 0.2) is 237 Å². The van der Waals surface area contributed by atoms with Crippen molar-refractivity contribution < 1.29 is 0 Å². The molecule has 0 amide bonds. The van der Waals surface area contributed by atoms with E-state index in [4.69, 9.17) is 0 Å². The van der Waals surface area contributed by atoms with Crippen LogP contribution in [0.25, 0.3) is 87.6 Å². The molecule has 276 valence electrons. The topological polar surface area (TPSA) is 3.24 Å². The Labute approximate surface area is 344 Å². The Morgan fingerprint density at radius 1 is 0.220 bits per heavy atom. The van der Waals surface area contributed by atoms with E-state index in [1.54, 1.807) is 0 Å². The predicted molar refractivity (Wildman–Crippen MR) is 253 cm³/mol. The fraction of sp³-hybridized carbons (Fsp3) is 0. The third-order valence-corrected chi connectivity index (χ3v) is 11.8. The summed E-state index contributed by atoms with van der Waals surface area (Å²) in [6, 6.07) is 86.3. The summed E-state index contributed by atoms with van der Waals surface area (Å²) in [6.07, 6.45) is 0. The molecule has 0 saturated carbocycles. The standard InChI is InChI=1S/C58H39N/c1-2-14-42(15-3-1)53-35-36-58(57-24-9-8-23-55(53)57)59(50-21-11-20-48(39-50)52-25-12-26-54-51-22-7-6-16-43(51)31-34-56(52)54)49-32-29-41(30-33-49)45-18-10-19-46(37-45)47-28-27-40-13-4-5-17-44(40)38-47/h1-39H. The van der Waals surface area contributed by atoms with Gasteiger partial charge in [0.15, 0.2) is 0 Å². The summed E-state index contributed by atoms with van der Waals surface area (Å²) in [7, 11) is 0. The second-order valence-corrected chi connectivity index (χ2v) is 15.3. The summed E-state index contributed by atoms with van der Waals surface area (Å²) in [5.74, 6) is 0. The van der Waals surface area contributed by atoms with Crippen molar-refractivity contribution in [2.75, 3.05) is 4.90 Å². The molecule has 0 spiro atoms. The Hall–Kier alpha value is -7.74. The first-order chi connectivity index (χ1) is 29.2. The van der Waals surface area contributed by atoms with Crippen LogP contribution in [0.5, 0.6) is 0 Å². The molecule has 11 rings (SSSR count). The molecule has 0 saturated heterocycles. The van der Waals surface area contributed by atoms with Gasteiger partial charge in [0.1, 0.15) is 0 Å². The lowest BCUT2D eigenvalue weighted by molar-refractivity contribution is 1.30. The number of hydrogen-bond donors (Lipinski definition) is 0. The van der Waals surface area contributed by atoms with Crippen LogP contribution in [-0.2, 0) is 0 Å². The first-order valence-corrected chi connectivity index (χ1v) is 20.3. The second kappa shape index (κ2) is 14.6. The largest absolute Gasteiger partial charge is 0.310 e. The van der Waals surface area contributed by atoms with Crippen molar-refractivity contribution in [3.8, 4) is 44.5 Å². The van der Waals surface area contributed by atoms with Gasteiger partial charge in [-0.2, -0.15) is 0 Å². The van der Waals surface area contributed by atoms with Gasteiger partial charge in [-0.3, -0.25) is 0 Å². The predicted octanol–water partition coefficient (Wildman–Crippen LogP) is 16.4. The molecule has 0 aliphatic heterocycles. The normalized spacial score (nSPS) is 11.4. The summed E-state index contributed by atoms with van der Waals surface area (Å²) in [4.78, 5) is 2.43. The molecule has 0 fully saturated rings. The number of anilines is 3. The molecule has 0 unspecified atom stereocenters. The highest BCUT2D eigenvalue weighted by Gasteiger charge is 2.19. The van der Waals surface area contributed by atoms with E-state index in [1.165, 1.54) is 87.6 Å². The Bertz CT molecular complexity index is 3320. The maximum absolute atomic E-state index is 2.43. The molecule has 1 heteroatoms. The van der Waals surface area contributed by atoms with E-state index in [0.29, 0.717) is 0 Å². The number of rotatable bonds is 7. The van der Waals surface area contributed by atoms with Crippen LogP contribution < -0.4 is 4.90 Å². The average molecular weight is 750 g/mol. The molecule has 0 N–H and O–H groups in total. The van der Waals surface area contributed by atoms with Gasteiger partial charge in [0.2, 0.25) is 0 Å². The van der Waals surface area contributed by atoms with Gasteiger partial charge in [-0.1, -0.05) is 194 Å². The first-order valence-electron chi connectivity index (χ1n) is 20.3. The minimum Gasteiger partial charge on any atom is -0.310 e. The quantitative estimate of drug-likeness (QED) is 0.147. The maximum atomic E-state index is 2.43. The number of hydrogen-bond acceptors (Lipinski definition) is 1. The number of fused-ring (bicyclic) bond motifs is 5. The van der Waals surface area contributed by atoms with Crippen LogP contribution in [0.4, 0.5) is 17.1 Å². The van der Waals surface area contributed by atoms with Crippen LogP contribution in [0.3, 0.4) is 0 Å². The fourth-order valence-corrected chi connectivity index (χ4v) is 8.93. The first kappa shape index (κ1) is 34.5. The minimum atomic E-state index is 1.10. The van der Waals surface area contributed by atoms with E-state index in [2.05, 4.69) is 241 Å². The van der Waals surface area contributed by atoms with Crippen LogP contribution in [0, 0.1) is 0 Å². The Kier molecular flexibility index (Phi) is 8.56. The van der Waals surface area contributed by atoms with Gasteiger partial charge < -0.3 is 4.90 Å². The summed E-state index contributed by atoms with van der Waals surface area (Å²) in [6.45, 7) is 0. The van der Waals surface area contributed by atoms with Crippen LogP contribution in [0.1, 0.15) is 0 Å². The highest BCUT2D eigenvalue weighted by molar-refractivity contribution is 6.12. The monoisotopic (exact) mass is 749 g/mol. The lowest BCUT2D eigenvalue weighted by Gasteiger charge is -2.28. The molecule has 11 aromatic rings. The molecule has 59 heavy (non-hydrogen) atoms. The molecular weight excluding hydrogens is 711 g/mol. The lowest BCUT2D eigenvalue weighted by atomic mass is 9.94. The summed E-state index contributed by atoms with van der Waals surface area (Å²) >= 11 is 0. The lowest BCUT2D eigenvalue weighted by Crippen LogP contribution is -2.10. The highest BCUT2D eigenvalue weighted by Crippen LogP contribution is 2.44. The van der Waals surface area contributed by atoms with Crippen LogP contribution in [-0.4, -0.2) is 0 Å². The summed E-state index contributed by atoms with van der Waals surface area (Å²) < 4.78 is 0. The van der Waals surface area contributed by atoms with Crippen molar-refractivity contribution in [1.29, 1.82) is 0 Å². The molecule has 11 aromatic carbocycles. The second-order valence-electron chi connectivity index (χ2n) is 15.3. The summed E-state index contributed by atoms with van der Waals surface area (Å²) in [5.41, 5.74) is 13.0. The van der Waals surface area contributed by atoms with Crippen molar-refractivity contribution in [2.24, 2.45) is 0 Å². The van der Waals surface area contributed by atoms with Gasteiger partial charge in [-0.05, 0) is 125 Å². The molecule has 0 bridgehead atoms. The number of benzene rings is 11. The third kappa shape index (κ3) is 6.30. The van der Waals surface area contributed by atoms with Gasteiger partial charge in [0.05, 0.1) is 5.69 Å². The zero-order valence-corrected chi connectivity index (χ0v) is 32.5. The highest BCUT2D eigenvalue weighted by atomic mass is 15.1. The molecule has 0 heterocycles. The molecule has 0 radical (unpaired) electrons. The maximum Gasteiger partial charge on any atom is 0.0540 e. The molecule has 0 aliphatic rings. The third-order valence-electron chi connectivity index (χ3n) is 11.8. The SMILES string of the molecule is c1ccc(-c2ccc(N(c3ccc(-c4cccc(-c5ccc6ccccc6c5)c4)cc3)c3cccc(-c4cccc5c4ccc4ccccc45)c3)c3ccccc23)cc1.